The van der Waals surface area contributed by atoms with Gasteiger partial charge in [-0.2, -0.15) is 0 Å². The van der Waals surface area contributed by atoms with Crippen molar-refractivity contribution in [2.45, 2.75) is 43.4 Å². The number of phenolic OH excluding ortho intramolecular Hbond substituents is 4. The van der Waals surface area contributed by atoms with E-state index in [-0.39, 0.29) is 28.8 Å². The lowest BCUT2D eigenvalue weighted by Crippen LogP contribution is -2.29. The van der Waals surface area contributed by atoms with Gasteiger partial charge in [-0.25, -0.2) is 0 Å². The molecule has 4 N–H and O–H groups in total. The van der Waals surface area contributed by atoms with Crippen molar-refractivity contribution in [2.75, 3.05) is 0 Å². The maximum absolute atomic E-state index is 13.1. The van der Waals surface area contributed by atoms with Crippen molar-refractivity contribution in [3.8, 4) is 23.0 Å². The molecule has 0 aliphatic heterocycles. The molecule has 218 valence electrons. The van der Waals surface area contributed by atoms with Gasteiger partial charge in [-0.1, -0.05) is 48.5 Å². The highest BCUT2D eigenvalue weighted by molar-refractivity contribution is 7.80. The van der Waals surface area contributed by atoms with E-state index in [9.17, 15) is 25.2 Å². The predicted molar refractivity (Wildman–Crippen MR) is 172 cm³/mol. The lowest BCUT2D eigenvalue weighted by Gasteiger charge is -2.36. The van der Waals surface area contributed by atoms with Crippen LogP contribution in [0.3, 0.4) is 0 Å². The second-order valence-electron chi connectivity index (χ2n) is 11.4. The lowest BCUT2D eigenvalue weighted by atomic mass is 9.66. The van der Waals surface area contributed by atoms with E-state index in [0.717, 1.165) is 33.4 Å². The number of carbonyl (C=O) groups is 1. The van der Waals surface area contributed by atoms with Gasteiger partial charge in [-0.15, -0.1) is 12.6 Å². The Kier molecular flexibility index (Phi) is 7.76. The summed E-state index contributed by atoms with van der Waals surface area (Å²) in [5.41, 5.74) is 4.73. The summed E-state index contributed by atoms with van der Waals surface area (Å²) < 4.78 is 0. The molecule has 5 rings (SSSR count). The Balaban J connectivity index is 1.87. The van der Waals surface area contributed by atoms with Gasteiger partial charge in [-0.3, -0.25) is 4.79 Å². The first-order valence-electron chi connectivity index (χ1n) is 13.9. The summed E-state index contributed by atoms with van der Waals surface area (Å²) in [5.74, 6) is 0.408. The standard InChI is InChI=1S/C37H34O5S/c1-22-17-27(9-15-33(22)41)36(3,25-5-11-31(39)12-6-25)29-18-24(23(2)38)19-30(20-29)37(4,26-7-13-32(40)14-8-26)28-10-16-34(42)35(43)21-28/h5-21,39-43H,1-4H3. The third-order valence-corrected chi connectivity index (χ3v) is 9.07. The van der Waals surface area contributed by atoms with Crippen LogP contribution >= 0.6 is 12.6 Å². The van der Waals surface area contributed by atoms with E-state index in [4.69, 9.17) is 0 Å². The number of phenols is 4. The van der Waals surface area contributed by atoms with Gasteiger partial charge in [0.2, 0.25) is 0 Å². The van der Waals surface area contributed by atoms with Crippen LogP contribution in [0.5, 0.6) is 23.0 Å². The Bertz CT molecular complexity index is 1700. The van der Waals surface area contributed by atoms with E-state index < -0.39 is 10.8 Å². The van der Waals surface area contributed by atoms with Crippen LogP contribution < -0.4 is 0 Å². The van der Waals surface area contributed by atoms with Crippen molar-refractivity contribution in [1.29, 1.82) is 0 Å². The molecule has 6 heteroatoms. The van der Waals surface area contributed by atoms with Gasteiger partial charge in [0.05, 0.1) is 0 Å². The van der Waals surface area contributed by atoms with Crippen LogP contribution in [-0.4, -0.2) is 26.2 Å². The molecule has 0 amide bonds. The van der Waals surface area contributed by atoms with Crippen LogP contribution in [-0.2, 0) is 10.8 Å². The Morgan fingerprint density at radius 3 is 1.40 bits per heavy atom. The van der Waals surface area contributed by atoms with E-state index in [1.165, 1.54) is 6.92 Å². The molecule has 0 heterocycles. The zero-order chi connectivity index (χ0) is 31.1. The average Bonchev–Trinajstić information content (AvgIpc) is 2.99. The van der Waals surface area contributed by atoms with Gasteiger partial charge in [0.25, 0.3) is 0 Å². The number of rotatable bonds is 7. The number of ketones is 1. The van der Waals surface area contributed by atoms with Crippen molar-refractivity contribution in [1.82, 2.24) is 0 Å². The molecule has 5 aromatic rings. The first kappa shape index (κ1) is 29.8. The number of hydrogen-bond donors (Lipinski definition) is 5. The van der Waals surface area contributed by atoms with Crippen molar-refractivity contribution >= 4 is 18.4 Å². The molecule has 43 heavy (non-hydrogen) atoms. The van der Waals surface area contributed by atoms with Crippen LogP contribution in [0.2, 0.25) is 0 Å². The third-order valence-electron chi connectivity index (χ3n) is 8.71. The summed E-state index contributed by atoms with van der Waals surface area (Å²) in [7, 11) is 0. The number of Topliss-reactive ketones (excluding diaryl/α,β-unsaturated/α-hetero) is 1. The minimum atomic E-state index is -0.834. The number of benzene rings is 5. The highest BCUT2D eigenvalue weighted by Crippen LogP contribution is 2.46. The molecular weight excluding hydrogens is 556 g/mol. The molecule has 0 bridgehead atoms. The number of carbonyl (C=O) groups excluding carboxylic acids is 1. The highest BCUT2D eigenvalue weighted by atomic mass is 32.1. The normalized spacial score (nSPS) is 14.1. The van der Waals surface area contributed by atoms with Crippen LogP contribution in [0.25, 0.3) is 0 Å². The largest absolute Gasteiger partial charge is 0.508 e. The zero-order valence-electron chi connectivity index (χ0n) is 24.5. The summed E-state index contributed by atoms with van der Waals surface area (Å²) in [5, 5.41) is 40.8. The fraction of sp³-hybridized carbons (Fsp3) is 0.162. The maximum atomic E-state index is 13.1. The Morgan fingerprint density at radius 2 is 0.977 bits per heavy atom. The topological polar surface area (TPSA) is 98.0 Å². The number of thiol groups is 1. The summed E-state index contributed by atoms with van der Waals surface area (Å²) >= 11 is 4.50. The van der Waals surface area contributed by atoms with Gasteiger partial charge >= 0.3 is 0 Å². The second kappa shape index (κ2) is 11.2. The van der Waals surface area contributed by atoms with Crippen LogP contribution in [0.4, 0.5) is 0 Å². The molecule has 0 saturated heterocycles. The molecular formula is C37H34O5S. The van der Waals surface area contributed by atoms with Crippen molar-refractivity contribution in [3.63, 3.8) is 0 Å². The predicted octanol–water partition coefficient (Wildman–Crippen LogP) is 8.02. The molecule has 0 saturated carbocycles. The SMILES string of the molecule is CC(=O)c1cc(C(C)(c2ccc(O)cc2)c2ccc(O)c(C)c2)cc(C(C)(c2ccc(O)cc2)c2ccc(O)c(S)c2)c1. The van der Waals surface area contributed by atoms with E-state index in [1.54, 1.807) is 36.4 Å². The molecule has 2 atom stereocenters. The summed E-state index contributed by atoms with van der Waals surface area (Å²) in [4.78, 5) is 13.5. The number of aryl methyl sites for hydroxylation is 1. The lowest BCUT2D eigenvalue weighted by molar-refractivity contribution is 0.101. The summed E-state index contributed by atoms with van der Waals surface area (Å²) in [6.45, 7) is 7.49. The maximum Gasteiger partial charge on any atom is 0.159 e. The first-order chi connectivity index (χ1) is 20.3. The fourth-order valence-corrected chi connectivity index (χ4v) is 6.01. The second-order valence-corrected chi connectivity index (χ2v) is 11.9. The molecule has 0 aromatic heterocycles. The minimum Gasteiger partial charge on any atom is -0.508 e. The van der Waals surface area contributed by atoms with Gasteiger partial charge in [0, 0.05) is 21.3 Å². The molecule has 0 spiro atoms. The van der Waals surface area contributed by atoms with Crippen LogP contribution in [0.1, 0.15) is 70.1 Å². The van der Waals surface area contributed by atoms with E-state index in [1.807, 2.05) is 74.5 Å². The average molecular weight is 591 g/mol. The van der Waals surface area contributed by atoms with E-state index in [0.29, 0.717) is 16.0 Å². The molecule has 5 aromatic carbocycles. The fourth-order valence-electron chi connectivity index (χ4n) is 5.80. The van der Waals surface area contributed by atoms with E-state index in [2.05, 4.69) is 25.6 Å². The Labute approximate surface area is 257 Å². The summed E-state index contributed by atoms with van der Waals surface area (Å²) in [6, 6.07) is 30.6. The molecule has 0 fully saturated rings. The van der Waals surface area contributed by atoms with Crippen LogP contribution in [0.15, 0.2) is 108 Å². The van der Waals surface area contributed by atoms with Crippen molar-refractivity contribution in [2.24, 2.45) is 0 Å². The monoisotopic (exact) mass is 590 g/mol. The molecule has 2 unspecified atom stereocenters. The quantitative estimate of drug-likeness (QED) is 0.0751. The third kappa shape index (κ3) is 5.35. The van der Waals surface area contributed by atoms with Gasteiger partial charge < -0.3 is 20.4 Å². The zero-order valence-corrected chi connectivity index (χ0v) is 25.4. The number of hydrogen-bond acceptors (Lipinski definition) is 6. The van der Waals surface area contributed by atoms with Crippen LogP contribution in [0, 0.1) is 6.92 Å². The highest BCUT2D eigenvalue weighted by Gasteiger charge is 2.37. The molecule has 5 nitrogen and oxygen atoms in total. The molecule has 0 aliphatic rings. The van der Waals surface area contributed by atoms with Crippen molar-refractivity contribution < 1.29 is 25.2 Å². The molecule has 0 aliphatic carbocycles. The first-order valence-corrected chi connectivity index (χ1v) is 14.4. The van der Waals surface area contributed by atoms with Crippen molar-refractivity contribution in [3.05, 3.63) is 148 Å². The molecule has 0 radical (unpaired) electrons. The Hall–Kier alpha value is -4.68. The minimum absolute atomic E-state index is 0.0564. The summed E-state index contributed by atoms with van der Waals surface area (Å²) in [6.07, 6.45) is 0. The smallest absolute Gasteiger partial charge is 0.159 e. The van der Waals surface area contributed by atoms with Gasteiger partial charge in [0.1, 0.15) is 23.0 Å². The van der Waals surface area contributed by atoms with Gasteiger partial charge in [0.15, 0.2) is 5.78 Å². The van der Waals surface area contributed by atoms with E-state index >= 15 is 0 Å². The Morgan fingerprint density at radius 1 is 0.558 bits per heavy atom. The number of aromatic hydroxyl groups is 4. The van der Waals surface area contributed by atoms with Gasteiger partial charge in [-0.05, 0) is 121 Å².